The number of aromatic nitrogens is 1. The van der Waals surface area contributed by atoms with E-state index in [0.29, 0.717) is 0 Å². The highest BCUT2D eigenvalue weighted by Crippen LogP contribution is 2.00. The van der Waals surface area contributed by atoms with Crippen molar-refractivity contribution in [3.8, 4) is 0 Å². The molecule has 2 heterocycles. The zero-order valence-electron chi connectivity index (χ0n) is 6.75. The van der Waals surface area contributed by atoms with Gasteiger partial charge in [0, 0.05) is 19.3 Å². The first-order valence-electron chi connectivity index (χ1n) is 4.09. The zero-order chi connectivity index (χ0) is 8.23. The third kappa shape index (κ3) is 1.72. The molecule has 1 aliphatic rings. The minimum absolute atomic E-state index is 0.167. The molecular formula is C8H12N4. The lowest BCUT2D eigenvalue weighted by molar-refractivity contribution is 0.618. The molecule has 0 aliphatic carbocycles. The number of hydrogen-bond donors (Lipinski definition) is 3. The van der Waals surface area contributed by atoms with Crippen molar-refractivity contribution in [1.29, 1.82) is 0 Å². The predicted octanol–water partition coefficient (Wildman–Crippen LogP) is -0.0301. The average molecular weight is 164 g/mol. The van der Waals surface area contributed by atoms with Crippen LogP contribution in [0.3, 0.4) is 0 Å². The monoisotopic (exact) mass is 164 g/mol. The summed E-state index contributed by atoms with van der Waals surface area (Å²) in [5, 5.41) is 9.69. The maximum absolute atomic E-state index is 4.15. The lowest BCUT2D eigenvalue weighted by Gasteiger charge is -2.12. The van der Waals surface area contributed by atoms with Gasteiger partial charge in [-0.1, -0.05) is 6.07 Å². The van der Waals surface area contributed by atoms with Crippen LogP contribution in [-0.2, 0) is 0 Å². The van der Waals surface area contributed by atoms with Gasteiger partial charge in [-0.25, -0.2) is 4.98 Å². The average Bonchev–Trinajstić information content (AvgIpc) is 2.59. The molecule has 0 atom stereocenters. The first-order chi connectivity index (χ1) is 5.95. The van der Waals surface area contributed by atoms with Crippen LogP contribution in [0.15, 0.2) is 24.4 Å². The van der Waals surface area contributed by atoms with E-state index in [0.717, 1.165) is 18.9 Å². The molecule has 0 unspecified atom stereocenters. The molecule has 1 aromatic rings. The molecule has 3 N–H and O–H groups in total. The molecule has 0 bridgehead atoms. The summed E-state index contributed by atoms with van der Waals surface area (Å²) in [6.07, 6.45) is 1.94. The van der Waals surface area contributed by atoms with Crippen molar-refractivity contribution in [1.82, 2.24) is 15.6 Å². The highest BCUT2D eigenvalue weighted by Gasteiger charge is 2.11. The second kappa shape index (κ2) is 3.51. The van der Waals surface area contributed by atoms with Crippen LogP contribution < -0.4 is 16.0 Å². The van der Waals surface area contributed by atoms with Crippen molar-refractivity contribution in [3.05, 3.63) is 24.4 Å². The summed E-state index contributed by atoms with van der Waals surface area (Å²) in [6.45, 7) is 2.01. The van der Waals surface area contributed by atoms with Crippen molar-refractivity contribution >= 4 is 5.82 Å². The van der Waals surface area contributed by atoms with Crippen LogP contribution in [0.5, 0.6) is 0 Å². The van der Waals surface area contributed by atoms with E-state index in [9.17, 15) is 0 Å². The summed E-state index contributed by atoms with van der Waals surface area (Å²) in [4.78, 5) is 4.15. The molecule has 1 saturated heterocycles. The maximum Gasteiger partial charge on any atom is 0.133 e. The van der Waals surface area contributed by atoms with Crippen molar-refractivity contribution in [2.24, 2.45) is 0 Å². The van der Waals surface area contributed by atoms with Gasteiger partial charge in [-0.3, -0.25) is 10.6 Å². The molecule has 1 aromatic heterocycles. The van der Waals surface area contributed by atoms with Crippen molar-refractivity contribution in [2.75, 3.05) is 18.4 Å². The van der Waals surface area contributed by atoms with Gasteiger partial charge in [0.1, 0.15) is 12.1 Å². The van der Waals surface area contributed by atoms with Crippen LogP contribution in [-0.4, -0.2) is 24.4 Å². The summed E-state index contributed by atoms with van der Waals surface area (Å²) in [5.41, 5.74) is 0. The van der Waals surface area contributed by atoms with Crippen LogP contribution in [0.4, 0.5) is 5.82 Å². The van der Waals surface area contributed by atoms with Crippen LogP contribution in [0.25, 0.3) is 0 Å². The van der Waals surface area contributed by atoms with Gasteiger partial charge in [0.05, 0.1) is 0 Å². The van der Waals surface area contributed by atoms with Crippen molar-refractivity contribution in [2.45, 2.75) is 6.29 Å². The fraction of sp³-hybridized carbons (Fsp3) is 0.375. The molecule has 4 heteroatoms. The Morgan fingerprint density at radius 3 is 2.83 bits per heavy atom. The molecule has 1 fully saturated rings. The number of rotatable bonds is 2. The summed E-state index contributed by atoms with van der Waals surface area (Å²) >= 11 is 0. The molecule has 0 spiro atoms. The Morgan fingerprint density at radius 1 is 1.33 bits per heavy atom. The highest BCUT2D eigenvalue weighted by atomic mass is 15.3. The molecule has 12 heavy (non-hydrogen) atoms. The molecule has 0 saturated carbocycles. The van der Waals surface area contributed by atoms with E-state index in [4.69, 9.17) is 0 Å². The number of hydrogen-bond acceptors (Lipinski definition) is 4. The standard InChI is InChI=1S/C8H12N4/c1-2-4-9-7(3-1)12-8-10-5-6-11-8/h1-4,8,10-11H,5-6H2,(H,9,12). The molecule has 0 amide bonds. The van der Waals surface area contributed by atoms with E-state index < -0.39 is 0 Å². The van der Waals surface area contributed by atoms with Crippen LogP contribution in [0, 0.1) is 0 Å². The summed E-state index contributed by atoms with van der Waals surface area (Å²) in [6, 6.07) is 5.81. The number of pyridine rings is 1. The quantitative estimate of drug-likeness (QED) is 0.574. The van der Waals surface area contributed by atoms with Gasteiger partial charge >= 0.3 is 0 Å². The lowest BCUT2D eigenvalue weighted by atomic mass is 10.5. The molecule has 0 aromatic carbocycles. The van der Waals surface area contributed by atoms with Crippen molar-refractivity contribution < 1.29 is 0 Å². The van der Waals surface area contributed by atoms with E-state index in [1.807, 2.05) is 18.2 Å². The normalized spacial score (nSPS) is 18.0. The predicted molar refractivity (Wildman–Crippen MR) is 47.7 cm³/mol. The molecule has 4 nitrogen and oxygen atoms in total. The Bertz CT molecular complexity index is 230. The first-order valence-corrected chi connectivity index (χ1v) is 4.09. The van der Waals surface area contributed by atoms with Gasteiger partial charge in [-0.2, -0.15) is 0 Å². The van der Waals surface area contributed by atoms with E-state index in [1.54, 1.807) is 6.20 Å². The fourth-order valence-electron chi connectivity index (χ4n) is 1.20. The Labute approximate surface area is 71.4 Å². The van der Waals surface area contributed by atoms with Crippen LogP contribution in [0.2, 0.25) is 0 Å². The van der Waals surface area contributed by atoms with Gasteiger partial charge in [-0.15, -0.1) is 0 Å². The van der Waals surface area contributed by atoms with Gasteiger partial charge in [-0.05, 0) is 12.1 Å². The van der Waals surface area contributed by atoms with E-state index in [2.05, 4.69) is 20.9 Å². The zero-order valence-corrected chi connectivity index (χ0v) is 6.75. The Morgan fingerprint density at radius 2 is 2.17 bits per heavy atom. The Balaban J connectivity index is 1.94. The largest absolute Gasteiger partial charge is 0.342 e. The minimum atomic E-state index is 0.167. The summed E-state index contributed by atoms with van der Waals surface area (Å²) in [7, 11) is 0. The molecular weight excluding hydrogens is 152 g/mol. The highest BCUT2D eigenvalue weighted by molar-refractivity contribution is 5.34. The third-order valence-corrected chi connectivity index (χ3v) is 1.78. The molecule has 2 rings (SSSR count). The SMILES string of the molecule is c1ccc(NC2NCCN2)nc1. The summed E-state index contributed by atoms with van der Waals surface area (Å²) in [5.74, 6) is 0.893. The van der Waals surface area contributed by atoms with Gasteiger partial charge < -0.3 is 5.32 Å². The van der Waals surface area contributed by atoms with E-state index >= 15 is 0 Å². The fourth-order valence-corrected chi connectivity index (χ4v) is 1.20. The Kier molecular flexibility index (Phi) is 2.20. The van der Waals surface area contributed by atoms with Gasteiger partial charge in [0.15, 0.2) is 0 Å². The number of anilines is 1. The maximum atomic E-state index is 4.15. The van der Waals surface area contributed by atoms with Crippen LogP contribution >= 0.6 is 0 Å². The number of nitrogens with zero attached hydrogens (tertiary/aromatic N) is 1. The van der Waals surface area contributed by atoms with E-state index in [1.165, 1.54) is 0 Å². The Hall–Kier alpha value is -1.13. The second-order valence-corrected chi connectivity index (χ2v) is 2.70. The molecule has 0 radical (unpaired) electrons. The van der Waals surface area contributed by atoms with Gasteiger partial charge in [0.25, 0.3) is 0 Å². The molecule has 64 valence electrons. The lowest BCUT2D eigenvalue weighted by Crippen LogP contribution is -2.38. The number of nitrogens with one attached hydrogen (secondary N) is 3. The van der Waals surface area contributed by atoms with Crippen LogP contribution in [0.1, 0.15) is 0 Å². The topological polar surface area (TPSA) is 49.0 Å². The molecule has 1 aliphatic heterocycles. The van der Waals surface area contributed by atoms with Crippen molar-refractivity contribution in [3.63, 3.8) is 0 Å². The second-order valence-electron chi connectivity index (χ2n) is 2.70. The summed E-state index contributed by atoms with van der Waals surface area (Å²) < 4.78 is 0. The van der Waals surface area contributed by atoms with E-state index in [-0.39, 0.29) is 6.29 Å². The smallest absolute Gasteiger partial charge is 0.133 e. The third-order valence-electron chi connectivity index (χ3n) is 1.78. The minimum Gasteiger partial charge on any atom is -0.342 e. The first kappa shape index (κ1) is 7.52. The van der Waals surface area contributed by atoms with Gasteiger partial charge in [0.2, 0.25) is 0 Å².